The van der Waals surface area contributed by atoms with Gasteiger partial charge in [-0.2, -0.15) is 5.10 Å². The molecule has 4 rings (SSSR count). The van der Waals surface area contributed by atoms with E-state index in [0.29, 0.717) is 19.9 Å². The second-order valence-corrected chi connectivity index (χ2v) is 6.95. The molecule has 0 aliphatic carbocycles. The number of rotatable bonds is 6. The van der Waals surface area contributed by atoms with Crippen LogP contribution < -0.4 is 9.47 Å². The number of fused-ring (bicyclic) bond motifs is 2. The third kappa shape index (κ3) is 3.57. The number of benzene rings is 1. The van der Waals surface area contributed by atoms with E-state index in [9.17, 15) is 0 Å². The molecule has 1 aliphatic heterocycles. The van der Waals surface area contributed by atoms with Gasteiger partial charge in [0.25, 0.3) is 0 Å². The van der Waals surface area contributed by atoms with Gasteiger partial charge in [-0.1, -0.05) is 6.07 Å². The lowest BCUT2D eigenvalue weighted by molar-refractivity contribution is 0.187. The summed E-state index contributed by atoms with van der Waals surface area (Å²) in [7, 11) is 0. The van der Waals surface area contributed by atoms with Gasteiger partial charge in [0, 0.05) is 19.3 Å². The average molecular weight is 385 g/mol. The Bertz CT molecular complexity index is 1010. The summed E-state index contributed by atoms with van der Waals surface area (Å²) in [5.41, 5.74) is 3.49. The van der Waals surface area contributed by atoms with Gasteiger partial charge >= 0.3 is 0 Å². The number of pyridine rings is 1. The zero-order valence-corrected chi connectivity index (χ0v) is 16.5. The summed E-state index contributed by atoms with van der Waals surface area (Å²) in [6.45, 7) is 7.73. The number of aromatic nitrogens is 3. The zero-order valence-electron chi connectivity index (χ0n) is 15.7. The van der Waals surface area contributed by atoms with Crippen LogP contribution in [-0.4, -0.2) is 38.8 Å². The lowest BCUT2D eigenvalue weighted by atomic mass is 9.99. The molecule has 0 N–H and O–H groups in total. The van der Waals surface area contributed by atoms with E-state index in [1.165, 1.54) is 11.1 Å². The summed E-state index contributed by atoms with van der Waals surface area (Å²) in [6, 6.07) is 10.2. The second-order valence-electron chi connectivity index (χ2n) is 6.59. The lowest BCUT2D eigenvalue weighted by Crippen LogP contribution is -2.32. The van der Waals surface area contributed by atoms with Crippen LogP contribution in [0.1, 0.15) is 25.0 Å². The molecule has 0 unspecified atom stereocenters. The summed E-state index contributed by atoms with van der Waals surface area (Å²) in [5.74, 6) is 1.67. The molecule has 0 radical (unpaired) electrons. The van der Waals surface area contributed by atoms with Crippen molar-refractivity contribution in [3.63, 3.8) is 0 Å². The third-order valence-electron chi connectivity index (χ3n) is 4.78. The maximum atomic E-state index is 5.79. The Morgan fingerprint density at radius 3 is 2.52 bits per heavy atom. The summed E-state index contributed by atoms with van der Waals surface area (Å²) in [4.78, 5) is 2.36. The fraction of sp³-hybridized carbons (Fsp3) is 0.400. The number of ether oxygens (including phenoxy) is 2. The van der Waals surface area contributed by atoms with Gasteiger partial charge in [0.05, 0.1) is 19.9 Å². The van der Waals surface area contributed by atoms with Crippen molar-refractivity contribution >= 4 is 17.9 Å². The van der Waals surface area contributed by atoms with Crippen LogP contribution in [0.3, 0.4) is 0 Å². The first-order valence-electron chi connectivity index (χ1n) is 9.37. The van der Waals surface area contributed by atoms with E-state index in [2.05, 4.69) is 22.1 Å². The molecular formula is C20H24N4O2S. The molecular weight excluding hydrogens is 360 g/mol. The standard InChI is InChI=1S/C20H24N4O2S/c1-3-25-17-11-15-8-10-22(13-16(15)12-18(17)26-4-2)14-24-20(27)23-9-6-5-7-19(23)21-24/h5-7,9,11-12H,3-4,8,10,13-14H2,1-2H3. The molecule has 0 saturated heterocycles. The Hall–Kier alpha value is -2.38. The van der Waals surface area contributed by atoms with Crippen molar-refractivity contribution in [3.8, 4) is 11.5 Å². The molecule has 27 heavy (non-hydrogen) atoms. The fourth-order valence-electron chi connectivity index (χ4n) is 3.53. The van der Waals surface area contributed by atoms with E-state index >= 15 is 0 Å². The predicted molar refractivity (Wildman–Crippen MR) is 107 cm³/mol. The van der Waals surface area contributed by atoms with Gasteiger partial charge in [0.2, 0.25) is 4.77 Å². The van der Waals surface area contributed by atoms with Crippen molar-refractivity contribution in [2.75, 3.05) is 19.8 Å². The minimum absolute atomic E-state index is 0.624. The minimum atomic E-state index is 0.624. The molecule has 142 valence electrons. The molecule has 2 aromatic heterocycles. The van der Waals surface area contributed by atoms with Crippen molar-refractivity contribution < 1.29 is 9.47 Å². The molecule has 1 aromatic carbocycles. The van der Waals surface area contributed by atoms with E-state index < -0.39 is 0 Å². The Balaban J connectivity index is 1.57. The zero-order chi connectivity index (χ0) is 18.8. The Morgan fingerprint density at radius 1 is 1.07 bits per heavy atom. The molecule has 0 saturated carbocycles. The Morgan fingerprint density at radius 2 is 1.81 bits per heavy atom. The molecule has 7 heteroatoms. The monoisotopic (exact) mass is 384 g/mol. The normalized spacial score (nSPS) is 14.3. The van der Waals surface area contributed by atoms with Crippen molar-refractivity contribution in [3.05, 3.63) is 52.4 Å². The van der Waals surface area contributed by atoms with Gasteiger partial charge in [-0.15, -0.1) is 0 Å². The van der Waals surface area contributed by atoms with Gasteiger partial charge in [-0.3, -0.25) is 9.30 Å². The number of hydrogen-bond donors (Lipinski definition) is 0. The molecule has 3 aromatic rings. The Kier molecular flexibility index (Phi) is 5.13. The molecule has 0 amide bonds. The van der Waals surface area contributed by atoms with Crippen LogP contribution in [0.15, 0.2) is 36.5 Å². The highest BCUT2D eigenvalue weighted by Gasteiger charge is 2.20. The molecule has 1 aliphatic rings. The quantitative estimate of drug-likeness (QED) is 0.607. The van der Waals surface area contributed by atoms with E-state index in [-0.39, 0.29) is 0 Å². The summed E-state index contributed by atoms with van der Waals surface area (Å²) in [6.07, 6.45) is 2.93. The third-order valence-corrected chi connectivity index (χ3v) is 5.19. The molecule has 0 fully saturated rings. The van der Waals surface area contributed by atoms with Gasteiger partial charge < -0.3 is 9.47 Å². The van der Waals surface area contributed by atoms with Crippen LogP contribution >= 0.6 is 12.2 Å². The number of nitrogens with zero attached hydrogens (tertiary/aromatic N) is 4. The summed E-state index contributed by atoms with van der Waals surface area (Å²) in [5, 5.41) is 4.64. The first kappa shape index (κ1) is 18.0. The first-order valence-corrected chi connectivity index (χ1v) is 9.78. The van der Waals surface area contributed by atoms with Crippen LogP contribution in [-0.2, 0) is 19.6 Å². The molecule has 3 heterocycles. The van der Waals surface area contributed by atoms with Crippen molar-refractivity contribution in [2.24, 2.45) is 0 Å². The van der Waals surface area contributed by atoms with Crippen molar-refractivity contribution in [1.82, 2.24) is 19.1 Å². The van der Waals surface area contributed by atoms with Crippen molar-refractivity contribution in [1.29, 1.82) is 0 Å². The van der Waals surface area contributed by atoms with Crippen LogP contribution in [0.4, 0.5) is 0 Å². The maximum absolute atomic E-state index is 5.79. The fourth-order valence-corrected chi connectivity index (χ4v) is 3.78. The van der Waals surface area contributed by atoms with E-state index in [0.717, 1.165) is 41.4 Å². The van der Waals surface area contributed by atoms with E-state index in [1.54, 1.807) is 0 Å². The van der Waals surface area contributed by atoms with Crippen LogP contribution in [0.2, 0.25) is 0 Å². The van der Waals surface area contributed by atoms with Gasteiger partial charge in [-0.05, 0) is 67.9 Å². The van der Waals surface area contributed by atoms with E-state index in [4.69, 9.17) is 21.7 Å². The molecule has 0 atom stereocenters. The van der Waals surface area contributed by atoms with Crippen LogP contribution in [0.25, 0.3) is 5.65 Å². The molecule has 6 nitrogen and oxygen atoms in total. The predicted octanol–water partition coefficient (Wildman–Crippen LogP) is 3.68. The highest BCUT2D eigenvalue weighted by molar-refractivity contribution is 7.71. The maximum Gasteiger partial charge on any atom is 0.203 e. The van der Waals surface area contributed by atoms with Crippen LogP contribution in [0, 0.1) is 4.77 Å². The van der Waals surface area contributed by atoms with Crippen LogP contribution in [0.5, 0.6) is 11.5 Å². The largest absolute Gasteiger partial charge is 0.490 e. The Labute approximate surface area is 163 Å². The van der Waals surface area contributed by atoms with Gasteiger partial charge in [0.15, 0.2) is 17.1 Å². The SMILES string of the molecule is CCOc1cc2c(cc1OCC)CN(Cn1nc3ccccn3c1=S)CC2. The highest BCUT2D eigenvalue weighted by Crippen LogP contribution is 2.34. The summed E-state index contributed by atoms with van der Waals surface area (Å²) >= 11 is 5.57. The first-order chi connectivity index (χ1) is 13.2. The minimum Gasteiger partial charge on any atom is -0.490 e. The van der Waals surface area contributed by atoms with Crippen molar-refractivity contribution in [2.45, 2.75) is 33.5 Å². The smallest absolute Gasteiger partial charge is 0.203 e. The average Bonchev–Trinajstić information content (AvgIpc) is 2.99. The topological polar surface area (TPSA) is 43.9 Å². The molecule has 0 spiro atoms. The lowest BCUT2D eigenvalue weighted by Gasteiger charge is -2.29. The van der Waals surface area contributed by atoms with E-state index in [1.807, 2.05) is 47.3 Å². The van der Waals surface area contributed by atoms with Gasteiger partial charge in [0.1, 0.15) is 0 Å². The van der Waals surface area contributed by atoms with Gasteiger partial charge in [-0.25, -0.2) is 4.68 Å². The number of hydrogen-bond acceptors (Lipinski definition) is 5. The second kappa shape index (κ2) is 7.70. The summed E-state index contributed by atoms with van der Waals surface area (Å²) < 4.78 is 16.1. The highest BCUT2D eigenvalue weighted by atomic mass is 32.1. The molecule has 0 bridgehead atoms.